The van der Waals surface area contributed by atoms with Gasteiger partial charge in [-0.3, -0.25) is 0 Å². The minimum absolute atomic E-state index is 0.0878. The maximum atomic E-state index is 4.39. The molecule has 0 N–H and O–H groups in total. The molecule has 0 saturated carbocycles. The van der Waals surface area contributed by atoms with Crippen LogP contribution in [0.25, 0.3) is 11.5 Å². The first-order valence-electron chi connectivity index (χ1n) is 7.11. The van der Waals surface area contributed by atoms with Crippen molar-refractivity contribution in [2.45, 2.75) is 17.3 Å². The van der Waals surface area contributed by atoms with E-state index in [4.69, 9.17) is 0 Å². The molecule has 0 unspecified atom stereocenters. The second-order valence-corrected chi connectivity index (χ2v) is 6.25. The van der Waals surface area contributed by atoms with Crippen LogP contribution in [0.2, 0.25) is 0 Å². The molecule has 0 aliphatic heterocycles. The van der Waals surface area contributed by atoms with Gasteiger partial charge in [-0.2, -0.15) is 4.98 Å². The maximum Gasteiger partial charge on any atom is 0.253 e. The van der Waals surface area contributed by atoms with Crippen molar-refractivity contribution in [1.82, 2.24) is 34.6 Å². The molecule has 0 amide bonds. The van der Waals surface area contributed by atoms with Crippen LogP contribution in [0.4, 0.5) is 0 Å². The summed E-state index contributed by atoms with van der Waals surface area (Å²) >= 11 is 1.53. The molecule has 0 radical (unpaired) electrons. The van der Waals surface area contributed by atoms with Gasteiger partial charge in [0, 0.05) is 12.4 Å². The molecule has 3 aromatic heterocycles. The highest BCUT2D eigenvalue weighted by atomic mass is 32.2. The predicted molar refractivity (Wildman–Crippen MR) is 86.4 cm³/mol. The summed E-state index contributed by atoms with van der Waals surface area (Å²) in [6, 6.07) is 11.7. The van der Waals surface area contributed by atoms with Crippen LogP contribution in [0.1, 0.15) is 17.9 Å². The van der Waals surface area contributed by atoms with E-state index in [1.54, 1.807) is 15.4 Å². The lowest BCUT2D eigenvalue weighted by molar-refractivity contribution is 0.796. The zero-order valence-corrected chi connectivity index (χ0v) is 13.1. The van der Waals surface area contributed by atoms with E-state index in [2.05, 4.69) is 32.3 Å². The molecule has 4 rings (SSSR count). The molecule has 0 aliphatic carbocycles. The summed E-state index contributed by atoms with van der Waals surface area (Å²) in [7, 11) is 0. The molecule has 0 bridgehead atoms. The van der Waals surface area contributed by atoms with Crippen LogP contribution in [0.15, 0.2) is 60.1 Å². The number of rotatable bonds is 4. The van der Waals surface area contributed by atoms with Gasteiger partial charge in [0.15, 0.2) is 0 Å². The van der Waals surface area contributed by atoms with Gasteiger partial charge < -0.3 is 0 Å². The van der Waals surface area contributed by atoms with Gasteiger partial charge in [-0.15, -0.1) is 10.2 Å². The second-order valence-electron chi connectivity index (χ2n) is 4.94. The van der Waals surface area contributed by atoms with Gasteiger partial charge >= 0.3 is 0 Å². The van der Waals surface area contributed by atoms with Gasteiger partial charge in [0.25, 0.3) is 5.78 Å². The van der Waals surface area contributed by atoms with Crippen LogP contribution in [0.5, 0.6) is 0 Å². The molecule has 114 valence electrons. The van der Waals surface area contributed by atoms with Crippen LogP contribution in [0, 0.1) is 0 Å². The van der Waals surface area contributed by atoms with E-state index >= 15 is 0 Å². The molecule has 8 heteroatoms. The summed E-state index contributed by atoms with van der Waals surface area (Å²) in [5.41, 5.74) is 1.86. The highest BCUT2D eigenvalue weighted by molar-refractivity contribution is 7.99. The molecular formula is C15H13N7S. The number of thioether (sulfide) groups is 1. The van der Waals surface area contributed by atoms with Gasteiger partial charge in [-0.25, -0.2) is 14.2 Å². The van der Waals surface area contributed by atoms with Crippen LogP contribution in [-0.4, -0.2) is 34.6 Å². The third-order valence-corrected chi connectivity index (χ3v) is 4.31. The SMILES string of the molecule is C[C@@H](Sc1nc2ncccn2n1)c1cn(-c2ccccc2)nn1. The predicted octanol–water partition coefficient (Wildman–Crippen LogP) is 2.56. The first kappa shape index (κ1) is 13.9. The maximum absolute atomic E-state index is 4.39. The average molecular weight is 323 g/mol. The van der Waals surface area contributed by atoms with E-state index in [1.807, 2.05) is 48.8 Å². The van der Waals surface area contributed by atoms with Crippen molar-refractivity contribution in [2.75, 3.05) is 0 Å². The van der Waals surface area contributed by atoms with Crippen molar-refractivity contribution in [1.29, 1.82) is 0 Å². The third-order valence-electron chi connectivity index (χ3n) is 3.33. The Balaban J connectivity index is 1.55. The minimum Gasteiger partial charge on any atom is -0.220 e. The van der Waals surface area contributed by atoms with Crippen LogP contribution < -0.4 is 0 Å². The topological polar surface area (TPSA) is 73.8 Å². The molecule has 1 atom stereocenters. The molecule has 0 saturated heterocycles. The zero-order chi connectivity index (χ0) is 15.6. The van der Waals surface area contributed by atoms with Gasteiger partial charge in [-0.1, -0.05) is 35.2 Å². The average Bonchev–Trinajstić information content (AvgIpc) is 3.22. The molecule has 0 aliphatic rings. The van der Waals surface area contributed by atoms with Crippen LogP contribution in [-0.2, 0) is 0 Å². The quantitative estimate of drug-likeness (QED) is 0.537. The van der Waals surface area contributed by atoms with Crippen molar-refractivity contribution in [3.63, 3.8) is 0 Å². The Kier molecular flexibility index (Phi) is 3.51. The Morgan fingerprint density at radius 2 is 2.00 bits per heavy atom. The highest BCUT2D eigenvalue weighted by Crippen LogP contribution is 2.31. The Labute approximate surface area is 136 Å². The van der Waals surface area contributed by atoms with E-state index in [-0.39, 0.29) is 5.25 Å². The Bertz CT molecular complexity index is 898. The minimum atomic E-state index is 0.0878. The smallest absolute Gasteiger partial charge is 0.220 e. The number of hydrogen-bond donors (Lipinski definition) is 0. The molecule has 1 aromatic carbocycles. The lowest BCUT2D eigenvalue weighted by Crippen LogP contribution is -1.93. The first-order valence-corrected chi connectivity index (χ1v) is 7.99. The van der Waals surface area contributed by atoms with Crippen molar-refractivity contribution in [3.05, 3.63) is 60.7 Å². The van der Waals surface area contributed by atoms with E-state index in [0.29, 0.717) is 10.9 Å². The molecule has 4 aromatic rings. The molecule has 3 heterocycles. The summed E-state index contributed by atoms with van der Waals surface area (Å²) < 4.78 is 3.43. The normalized spacial score (nSPS) is 12.6. The van der Waals surface area contributed by atoms with Crippen LogP contribution >= 0.6 is 11.8 Å². The summed E-state index contributed by atoms with van der Waals surface area (Å²) in [4.78, 5) is 8.56. The third kappa shape index (κ3) is 2.80. The summed E-state index contributed by atoms with van der Waals surface area (Å²) in [5, 5.41) is 13.6. The number of fused-ring (bicyclic) bond motifs is 1. The number of para-hydroxylation sites is 1. The van der Waals surface area contributed by atoms with E-state index in [0.717, 1.165) is 11.4 Å². The molecule has 0 fully saturated rings. The lowest BCUT2D eigenvalue weighted by atomic mass is 10.3. The molecule has 23 heavy (non-hydrogen) atoms. The van der Waals surface area contributed by atoms with Crippen molar-refractivity contribution in [3.8, 4) is 5.69 Å². The van der Waals surface area contributed by atoms with Crippen molar-refractivity contribution < 1.29 is 0 Å². The number of hydrogen-bond acceptors (Lipinski definition) is 6. The fourth-order valence-corrected chi connectivity index (χ4v) is 2.97. The Hall–Kier alpha value is -2.74. The fourth-order valence-electron chi connectivity index (χ4n) is 2.15. The standard InChI is InChI=1S/C15H13N7S/c1-11(23-15-17-14-16-8-5-9-21(14)19-15)13-10-22(20-18-13)12-6-3-2-4-7-12/h2-11H,1H3/t11-/m1/s1. The Morgan fingerprint density at radius 3 is 2.83 bits per heavy atom. The van der Waals surface area contributed by atoms with Gasteiger partial charge in [0.2, 0.25) is 5.16 Å². The monoisotopic (exact) mass is 323 g/mol. The molecule has 7 nitrogen and oxygen atoms in total. The number of benzene rings is 1. The Morgan fingerprint density at radius 1 is 1.13 bits per heavy atom. The van der Waals surface area contributed by atoms with Gasteiger partial charge in [-0.05, 0) is 25.1 Å². The number of nitrogens with zero attached hydrogens (tertiary/aromatic N) is 7. The summed E-state index contributed by atoms with van der Waals surface area (Å²) in [5.74, 6) is 0.593. The first-order chi connectivity index (χ1) is 11.3. The zero-order valence-electron chi connectivity index (χ0n) is 12.3. The second kappa shape index (κ2) is 5.81. The van der Waals surface area contributed by atoms with Crippen molar-refractivity contribution >= 4 is 17.5 Å². The summed E-state index contributed by atoms with van der Waals surface area (Å²) in [6.45, 7) is 2.06. The van der Waals surface area contributed by atoms with E-state index in [9.17, 15) is 0 Å². The summed E-state index contributed by atoms with van der Waals surface area (Å²) in [6.07, 6.45) is 5.46. The lowest BCUT2D eigenvalue weighted by Gasteiger charge is -2.03. The van der Waals surface area contributed by atoms with E-state index < -0.39 is 0 Å². The molecule has 0 spiro atoms. The van der Waals surface area contributed by atoms with Crippen LogP contribution in [0.3, 0.4) is 0 Å². The van der Waals surface area contributed by atoms with Gasteiger partial charge in [0.05, 0.1) is 22.8 Å². The number of aromatic nitrogens is 7. The largest absolute Gasteiger partial charge is 0.253 e. The van der Waals surface area contributed by atoms with Crippen molar-refractivity contribution in [2.24, 2.45) is 0 Å². The highest BCUT2D eigenvalue weighted by Gasteiger charge is 2.15. The van der Waals surface area contributed by atoms with E-state index in [1.165, 1.54) is 11.8 Å². The molecular weight excluding hydrogens is 310 g/mol. The fraction of sp³-hybridized carbons (Fsp3) is 0.133. The van der Waals surface area contributed by atoms with Gasteiger partial charge in [0.1, 0.15) is 0 Å².